The van der Waals surface area contributed by atoms with E-state index in [-0.39, 0.29) is 18.1 Å². The summed E-state index contributed by atoms with van der Waals surface area (Å²) in [5.41, 5.74) is 2.66. The zero-order valence-corrected chi connectivity index (χ0v) is 15.7. The Kier molecular flexibility index (Phi) is 6.13. The Bertz CT molecular complexity index is 882. The molecule has 1 aliphatic heterocycles. The first kappa shape index (κ1) is 19.0. The number of carbonyl (C=O) groups is 3. The SMILES string of the molecule is CCc1cccc(NC(=O)COC(=O)c2ccc3c(c2)NC(=O)CCS3)c1. The predicted molar refractivity (Wildman–Crippen MR) is 105 cm³/mol. The second-order valence-electron chi connectivity index (χ2n) is 6.04. The molecule has 2 aromatic carbocycles. The van der Waals surface area contributed by atoms with Crippen molar-refractivity contribution in [3.05, 3.63) is 53.6 Å². The molecular weight excluding hydrogens is 364 g/mol. The highest BCUT2D eigenvalue weighted by molar-refractivity contribution is 7.99. The van der Waals surface area contributed by atoms with Gasteiger partial charge in [0.15, 0.2) is 6.61 Å². The molecule has 2 amide bonds. The number of ether oxygens (including phenoxy) is 1. The molecule has 3 rings (SSSR count). The maximum absolute atomic E-state index is 12.2. The third-order valence-electron chi connectivity index (χ3n) is 4.03. The minimum atomic E-state index is -0.612. The molecule has 0 spiro atoms. The second-order valence-corrected chi connectivity index (χ2v) is 7.17. The van der Waals surface area contributed by atoms with Gasteiger partial charge in [0.05, 0.1) is 11.3 Å². The molecule has 1 heterocycles. The topological polar surface area (TPSA) is 84.5 Å². The number of hydrogen-bond acceptors (Lipinski definition) is 5. The van der Waals surface area contributed by atoms with E-state index >= 15 is 0 Å². The molecule has 0 atom stereocenters. The summed E-state index contributed by atoms with van der Waals surface area (Å²) in [6.45, 7) is 1.65. The van der Waals surface area contributed by atoms with Crippen LogP contribution in [0, 0.1) is 0 Å². The van der Waals surface area contributed by atoms with E-state index in [1.807, 2.05) is 25.1 Å². The molecule has 0 unspecified atom stereocenters. The zero-order valence-electron chi connectivity index (χ0n) is 14.9. The van der Waals surface area contributed by atoms with Gasteiger partial charge in [-0.2, -0.15) is 0 Å². The van der Waals surface area contributed by atoms with E-state index in [0.717, 1.165) is 16.9 Å². The van der Waals surface area contributed by atoms with Gasteiger partial charge in [0.2, 0.25) is 5.91 Å². The number of hydrogen-bond donors (Lipinski definition) is 2. The molecule has 140 valence electrons. The third kappa shape index (κ3) is 5.10. The van der Waals surface area contributed by atoms with Gasteiger partial charge in [0.1, 0.15) is 0 Å². The van der Waals surface area contributed by atoms with Crippen molar-refractivity contribution in [3.8, 4) is 0 Å². The van der Waals surface area contributed by atoms with Crippen LogP contribution in [0.4, 0.5) is 11.4 Å². The average Bonchev–Trinajstić information content (AvgIpc) is 2.86. The van der Waals surface area contributed by atoms with Crippen molar-refractivity contribution in [2.45, 2.75) is 24.7 Å². The lowest BCUT2D eigenvalue weighted by molar-refractivity contribution is -0.119. The van der Waals surface area contributed by atoms with Gasteiger partial charge < -0.3 is 15.4 Å². The molecular formula is C20H20N2O4S. The van der Waals surface area contributed by atoms with Crippen LogP contribution in [-0.4, -0.2) is 30.1 Å². The van der Waals surface area contributed by atoms with Crippen LogP contribution in [0.3, 0.4) is 0 Å². The van der Waals surface area contributed by atoms with Gasteiger partial charge in [0, 0.05) is 22.8 Å². The minimum absolute atomic E-state index is 0.0829. The number of rotatable bonds is 5. The summed E-state index contributed by atoms with van der Waals surface area (Å²) in [6, 6.07) is 12.5. The standard InChI is InChI=1S/C20H20N2O4S/c1-2-13-4-3-5-15(10-13)21-19(24)12-26-20(25)14-6-7-17-16(11-14)22-18(23)8-9-27-17/h3-7,10-11H,2,8-9,12H2,1H3,(H,21,24)(H,22,23). The maximum atomic E-state index is 12.2. The lowest BCUT2D eigenvalue weighted by Crippen LogP contribution is -2.21. The van der Waals surface area contributed by atoms with Crippen molar-refractivity contribution >= 4 is 40.9 Å². The highest BCUT2D eigenvalue weighted by Gasteiger charge is 2.17. The number of thioether (sulfide) groups is 1. The molecule has 2 aromatic rings. The maximum Gasteiger partial charge on any atom is 0.338 e. The minimum Gasteiger partial charge on any atom is -0.452 e. The summed E-state index contributed by atoms with van der Waals surface area (Å²) in [5, 5.41) is 5.49. The Labute approximate surface area is 161 Å². The largest absolute Gasteiger partial charge is 0.452 e. The Balaban J connectivity index is 1.59. The molecule has 2 N–H and O–H groups in total. The van der Waals surface area contributed by atoms with E-state index < -0.39 is 11.9 Å². The predicted octanol–water partition coefficient (Wildman–Crippen LogP) is 3.48. The fourth-order valence-corrected chi connectivity index (χ4v) is 3.56. The average molecular weight is 384 g/mol. The Morgan fingerprint density at radius 1 is 1.22 bits per heavy atom. The van der Waals surface area contributed by atoms with Crippen molar-refractivity contribution < 1.29 is 19.1 Å². The molecule has 0 radical (unpaired) electrons. The molecule has 0 fully saturated rings. The number of amides is 2. The zero-order chi connectivity index (χ0) is 19.2. The van der Waals surface area contributed by atoms with Crippen molar-refractivity contribution in [1.29, 1.82) is 0 Å². The van der Waals surface area contributed by atoms with Crippen LogP contribution in [0.1, 0.15) is 29.3 Å². The van der Waals surface area contributed by atoms with E-state index in [4.69, 9.17) is 4.74 Å². The van der Waals surface area contributed by atoms with E-state index in [1.54, 1.807) is 36.0 Å². The normalized spacial score (nSPS) is 13.1. The lowest BCUT2D eigenvalue weighted by atomic mass is 10.1. The Hall–Kier alpha value is -2.80. The molecule has 1 aliphatic rings. The van der Waals surface area contributed by atoms with Gasteiger partial charge in [-0.1, -0.05) is 19.1 Å². The van der Waals surface area contributed by atoms with Gasteiger partial charge in [-0.05, 0) is 42.3 Å². The van der Waals surface area contributed by atoms with Crippen LogP contribution in [0.15, 0.2) is 47.4 Å². The van der Waals surface area contributed by atoms with E-state index in [2.05, 4.69) is 10.6 Å². The van der Waals surface area contributed by atoms with Crippen LogP contribution in [0.5, 0.6) is 0 Å². The first-order valence-electron chi connectivity index (χ1n) is 8.68. The molecule has 0 saturated carbocycles. The van der Waals surface area contributed by atoms with Crippen LogP contribution in [0.2, 0.25) is 0 Å². The van der Waals surface area contributed by atoms with Crippen LogP contribution in [-0.2, 0) is 20.7 Å². The first-order valence-corrected chi connectivity index (χ1v) is 9.66. The van der Waals surface area contributed by atoms with Gasteiger partial charge in [-0.3, -0.25) is 9.59 Å². The Morgan fingerprint density at radius 3 is 2.89 bits per heavy atom. The quantitative estimate of drug-likeness (QED) is 0.771. The van der Waals surface area contributed by atoms with Crippen LogP contribution < -0.4 is 10.6 Å². The summed E-state index contributed by atoms with van der Waals surface area (Å²) in [7, 11) is 0. The van der Waals surface area contributed by atoms with Crippen molar-refractivity contribution in [2.75, 3.05) is 23.0 Å². The van der Waals surface area contributed by atoms with Gasteiger partial charge in [-0.25, -0.2) is 4.79 Å². The van der Waals surface area contributed by atoms with E-state index in [1.165, 1.54) is 0 Å². The summed E-state index contributed by atoms with van der Waals surface area (Å²) in [5.74, 6) is -0.406. The van der Waals surface area contributed by atoms with Crippen molar-refractivity contribution in [3.63, 3.8) is 0 Å². The molecule has 0 bridgehead atoms. The molecule has 0 aromatic heterocycles. The lowest BCUT2D eigenvalue weighted by Gasteiger charge is -2.10. The van der Waals surface area contributed by atoms with Gasteiger partial charge in [0.25, 0.3) is 5.91 Å². The Morgan fingerprint density at radius 2 is 2.07 bits per heavy atom. The summed E-state index contributed by atoms with van der Waals surface area (Å²) < 4.78 is 5.10. The van der Waals surface area contributed by atoms with E-state index in [0.29, 0.717) is 23.5 Å². The summed E-state index contributed by atoms with van der Waals surface area (Å²) in [6.07, 6.45) is 1.30. The molecule has 0 saturated heterocycles. The number of aryl methyl sites for hydroxylation is 1. The molecule has 7 heteroatoms. The van der Waals surface area contributed by atoms with Crippen molar-refractivity contribution in [2.24, 2.45) is 0 Å². The number of anilines is 2. The number of fused-ring (bicyclic) bond motifs is 1. The number of benzene rings is 2. The number of nitrogens with one attached hydrogen (secondary N) is 2. The fourth-order valence-electron chi connectivity index (χ4n) is 2.63. The smallest absolute Gasteiger partial charge is 0.338 e. The van der Waals surface area contributed by atoms with Gasteiger partial charge >= 0.3 is 5.97 Å². The molecule has 6 nitrogen and oxygen atoms in total. The fraction of sp³-hybridized carbons (Fsp3) is 0.250. The highest BCUT2D eigenvalue weighted by atomic mass is 32.2. The van der Waals surface area contributed by atoms with Gasteiger partial charge in [-0.15, -0.1) is 11.8 Å². The molecule has 0 aliphatic carbocycles. The highest BCUT2D eigenvalue weighted by Crippen LogP contribution is 2.31. The summed E-state index contributed by atoms with van der Waals surface area (Å²) in [4.78, 5) is 36.8. The van der Waals surface area contributed by atoms with Crippen LogP contribution in [0.25, 0.3) is 0 Å². The third-order valence-corrected chi connectivity index (χ3v) is 5.10. The van der Waals surface area contributed by atoms with Crippen LogP contribution >= 0.6 is 11.8 Å². The number of esters is 1. The molecule has 27 heavy (non-hydrogen) atoms. The van der Waals surface area contributed by atoms with Crippen molar-refractivity contribution in [1.82, 2.24) is 0 Å². The second kappa shape index (κ2) is 8.73. The first-order chi connectivity index (χ1) is 13.0. The number of carbonyl (C=O) groups excluding carboxylic acids is 3. The summed E-state index contributed by atoms with van der Waals surface area (Å²) >= 11 is 1.56. The van der Waals surface area contributed by atoms with E-state index in [9.17, 15) is 14.4 Å². The monoisotopic (exact) mass is 384 g/mol.